The average Bonchev–Trinajstić information content (AvgIpc) is 3.17. The van der Waals surface area contributed by atoms with Crippen molar-refractivity contribution in [3.8, 4) is 0 Å². The molecule has 29 heavy (non-hydrogen) atoms. The van der Waals surface area contributed by atoms with Crippen LogP contribution in [0.4, 0.5) is 0 Å². The van der Waals surface area contributed by atoms with E-state index in [1.54, 1.807) is 26.3 Å². The Bertz CT molecular complexity index is 422. The third kappa shape index (κ3) is 27.2. The van der Waals surface area contributed by atoms with E-state index in [1.807, 2.05) is 13.8 Å². The van der Waals surface area contributed by atoms with Gasteiger partial charge in [0, 0.05) is 0 Å². The van der Waals surface area contributed by atoms with Crippen LogP contribution in [0.2, 0.25) is 0 Å². The summed E-state index contributed by atoms with van der Waals surface area (Å²) in [5.41, 5.74) is 2.53. The van der Waals surface area contributed by atoms with Crippen molar-refractivity contribution >= 4 is 0 Å². The second kappa shape index (κ2) is 20.5. The second-order valence-corrected chi connectivity index (χ2v) is 9.41. The maximum absolute atomic E-state index is 8.52. The van der Waals surface area contributed by atoms with Gasteiger partial charge in [-0.15, -0.1) is 0 Å². The summed E-state index contributed by atoms with van der Waals surface area (Å²) in [4.78, 5) is 0. The van der Waals surface area contributed by atoms with Gasteiger partial charge in [-0.2, -0.15) is 0 Å². The van der Waals surface area contributed by atoms with E-state index in [2.05, 4.69) is 45.1 Å². The summed E-state index contributed by atoms with van der Waals surface area (Å²) in [7, 11) is 0. The molecule has 1 N–H and O–H groups in total. The smallest absolute Gasteiger partial charge is 0.0563 e. The minimum atomic E-state index is -0.500. The number of unbranched alkanes of at least 4 members (excludes halogenated alkanes) is 3. The molecule has 0 spiro atoms. The van der Waals surface area contributed by atoms with Crippen LogP contribution in [0.5, 0.6) is 0 Å². The van der Waals surface area contributed by atoms with E-state index in [4.69, 9.17) is 5.11 Å². The molecule has 0 bridgehead atoms. The van der Waals surface area contributed by atoms with Crippen molar-refractivity contribution in [1.82, 2.24) is 0 Å². The van der Waals surface area contributed by atoms with Gasteiger partial charge in [-0.1, -0.05) is 107 Å². The van der Waals surface area contributed by atoms with E-state index in [9.17, 15) is 0 Å². The molecule has 2 aliphatic rings. The lowest BCUT2D eigenvalue weighted by molar-refractivity contribution is 0.102. The van der Waals surface area contributed by atoms with Gasteiger partial charge in [0.15, 0.2) is 0 Å². The summed E-state index contributed by atoms with van der Waals surface area (Å²) in [6.45, 7) is 15.8. The fourth-order valence-corrected chi connectivity index (χ4v) is 3.36. The van der Waals surface area contributed by atoms with Crippen molar-refractivity contribution < 1.29 is 5.11 Å². The standard InChI is InChI=1S/C16H30.C6H8.C4H10O.C2H6/c1-3-15(2)11-7-4-5-8-12-16-13-9-6-10-14-16;1-6-4-2-3-5-6;1-4(2,3)5;1-2/h3,16H,4-14H2,1-2H3;2-4H,5H2,1H3;5H,1-3H3;1-2H3/b15-3+;;;. The molecule has 0 aromatic rings. The predicted octanol–water partition coefficient (Wildman–Crippen LogP) is 9.57. The number of rotatable bonds is 7. The van der Waals surface area contributed by atoms with Crippen molar-refractivity contribution in [3.05, 3.63) is 35.5 Å². The maximum atomic E-state index is 8.52. The molecule has 0 saturated heterocycles. The summed E-state index contributed by atoms with van der Waals surface area (Å²) < 4.78 is 0. The van der Waals surface area contributed by atoms with Crippen molar-refractivity contribution in [2.45, 2.75) is 138 Å². The van der Waals surface area contributed by atoms with Crippen LogP contribution in [-0.4, -0.2) is 10.7 Å². The zero-order valence-corrected chi connectivity index (χ0v) is 21.3. The van der Waals surface area contributed by atoms with Crippen LogP contribution < -0.4 is 0 Å². The molecule has 0 aromatic carbocycles. The van der Waals surface area contributed by atoms with Gasteiger partial charge >= 0.3 is 0 Å². The van der Waals surface area contributed by atoms with Crippen LogP contribution in [0.15, 0.2) is 35.5 Å². The molecule has 0 aliphatic heterocycles. The molecule has 1 fully saturated rings. The molecular formula is C28H54O. The lowest BCUT2D eigenvalue weighted by atomic mass is 9.85. The van der Waals surface area contributed by atoms with E-state index in [0.29, 0.717) is 0 Å². The minimum Gasteiger partial charge on any atom is -0.391 e. The number of allylic oxidation sites excluding steroid dienone is 6. The van der Waals surface area contributed by atoms with E-state index in [0.717, 1.165) is 5.92 Å². The van der Waals surface area contributed by atoms with Crippen molar-refractivity contribution in [1.29, 1.82) is 0 Å². The molecule has 1 heteroatoms. The summed E-state index contributed by atoms with van der Waals surface area (Å²) in [6, 6.07) is 0. The first-order valence-electron chi connectivity index (χ1n) is 12.4. The van der Waals surface area contributed by atoms with Crippen LogP contribution in [0, 0.1) is 5.92 Å². The highest BCUT2D eigenvalue weighted by molar-refractivity contribution is 5.20. The van der Waals surface area contributed by atoms with E-state index in [-0.39, 0.29) is 0 Å². The van der Waals surface area contributed by atoms with Gasteiger partial charge in [0.1, 0.15) is 0 Å². The Morgan fingerprint density at radius 2 is 1.59 bits per heavy atom. The Hall–Kier alpha value is -0.820. The molecule has 172 valence electrons. The van der Waals surface area contributed by atoms with Gasteiger partial charge in [-0.25, -0.2) is 0 Å². The first-order valence-corrected chi connectivity index (χ1v) is 12.4. The molecule has 1 nitrogen and oxygen atoms in total. The normalized spacial score (nSPS) is 16.6. The third-order valence-electron chi connectivity index (χ3n) is 5.11. The number of hydrogen-bond donors (Lipinski definition) is 1. The Labute approximate surface area is 184 Å². The highest BCUT2D eigenvalue weighted by atomic mass is 16.3. The Morgan fingerprint density at radius 3 is 2.00 bits per heavy atom. The summed E-state index contributed by atoms with van der Waals surface area (Å²) >= 11 is 0. The molecule has 1 saturated carbocycles. The van der Waals surface area contributed by atoms with Crippen LogP contribution in [0.1, 0.15) is 132 Å². The van der Waals surface area contributed by atoms with E-state index >= 15 is 0 Å². The lowest BCUT2D eigenvalue weighted by Crippen LogP contribution is -2.10. The topological polar surface area (TPSA) is 20.2 Å². The predicted molar refractivity (Wildman–Crippen MR) is 135 cm³/mol. The Balaban J connectivity index is 0. The molecule has 0 aromatic heterocycles. The summed E-state index contributed by atoms with van der Waals surface area (Å²) in [6.07, 6.45) is 26.0. The van der Waals surface area contributed by atoms with Crippen molar-refractivity contribution in [2.75, 3.05) is 0 Å². The SMILES string of the molecule is C/C=C(\C)CCCCCCC1CCCCC1.CC.CC(C)(C)O.CC1=CC=CC1. The number of hydrogen-bond acceptors (Lipinski definition) is 1. The molecular weight excluding hydrogens is 352 g/mol. The zero-order chi connectivity index (χ0) is 22.5. The Morgan fingerprint density at radius 1 is 1.03 bits per heavy atom. The summed E-state index contributed by atoms with van der Waals surface area (Å²) in [5, 5.41) is 8.52. The molecule has 2 rings (SSSR count). The first kappa shape index (κ1) is 30.4. The van der Waals surface area contributed by atoms with E-state index in [1.165, 1.54) is 82.6 Å². The third-order valence-corrected chi connectivity index (χ3v) is 5.11. The van der Waals surface area contributed by atoms with Gasteiger partial charge in [-0.05, 0) is 66.7 Å². The monoisotopic (exact) mass is 406 g/mol. The van der Waals surface area contributed by atoms with Gasteiger partial charge in [0.05, 0.1) is 5.60 Å². The van der Waals surface area contributed by atoms with Crippen molar-refractivity contribution in [3.63, 3.8) is 0 Å². The van der Waals surface area contributed by atoms with Crippen LogP contribution >= 0.6 is 0 Å². The average molecular weight is 407 g/mol. The lowest BCUT2D eigenvalue weighted by Gasteiger charge is -2.21. The zero-order valence-electron chi connectivity index (χ0n) is 21.3. The van der Waals surface area contributed by atoms with Gasteiger partial charge in [0.25, 0.3) is 0 Å². The van der Waals surface area contributed by atoms with Gasteiger partial charge in [0.2, 0.25) is 0 Å². The van der Waals surface area contributed by atoms with Gasteiger partial charge in [-0.3, -0.25) is 0 Å². The largest absolute Gasteiger partial charge is 0.391 e. The maximum Gasteiger partial charge on any atom is 0.0563 e. The fourth-order valence-electron chi connectivity index (χ4n) is 3.36. The molecule has 0 unspecified atom stereocenters. The molecule has 0 heterocycles. The fraction of sp³-hybridized carbons (Fsp3) is 0.786. The molecule has 0 atom stereocenters. The van der Waals surface area contributed by atoms with Crippen LogP contribution in [0.3, 0.4) is 0 Å². The highest BCUT2D eigenvalue weighted by Crippen LogP contribution is 2.28. The molecule has 2 aliphatic carbocycles. The van der Waals surface area contributed by atoms with Crippen LogP contribution in [0.25, 0.3) is 0 Å². The van der Waals surface area contributed by atoms with Crippen LogP contribution in [-0.2, 0) is 0 Å². The first-order chi connectivity index (χ1) is 13.7. The quantitative estimate of drug-likeness (QED) is 0.329. The van der Waals surface area contributed by atoms with E-state index < -0.39 is 5.60 Å². The summed E-state index contributed by atoms with van der Waals surface area (Å²) in [5.74, 6) is 1.09. The Kier molecular flexibility index (Phi) is 21.4. The second-order valence-electron chi connectivity index (χ2n) is 9.41. The van der Waals surface area contributed by atoms with Gasteiger partial charge < -0.3 is 5.11 Å². The minimum absolute atomic E-state index is 0.500. The molecule has 0 radical (unpaired) electrons. The highest BCUT2D eigenvalue weighted by Gasteiger charge is 2.12. The molecule has 0 amide bonds. The number of aliphatic hydroxyl groups is 1. The van der Waals surface area contributed by atoms with Crippen molar-refractivity contribution in [2.24, 2.45) is 5.92 Å².